The van der Waals surface area contributed by atoms with Crippen LogP contribution in [-0.4, -0.2) is 39.5 Å². The van der Waals surface area contributed by atoms with E-state index in [4.69, 9.17) is 10.8 Å². The Kier molecular flexibility index (Phi) is 4.39. The molecule has 0 fully saturated rings. The van der Waals surface area contributed by atoms with E-state index < -0.39 is 35.8 Å². The van der Waals surface area contributed by atoms with Crippen LogP contribution in [0.4, 0.5) is 0 Å². The van der Waals surface area contributed by atoms with E-state index in [0.29, 0.717) is 0 Å². The molecule has 0 saturated heterocycles. The molecular weight excluding hydrogens is 240 g/mol. The summed E-state index contributed by atoms with van der Waals surface area (Å²) in [6.45, 7) is 0. The molecule has 1 heterocycles. The predicted molar refractivity (Wildman–Crippen MR) is 58.8 cm³/mol. The first-order chi connectivity index (χ1) is 8.43. The van der Waals surface area contributed by atoms with Gasteiger partial charge in [-0.05, 0) is 12.1 Å². The van der Waals surface area contributed by atoms with Gasteiger partial charge in [-0.3, -0.25) is 24.2 Å². The molecule has 0 amide bonds. The number of nitrogens with zero attached hydrogens (tertiary/aromatic N) is 1. The number of rotatable bonds is 6. The van der Waals surface area contributed by atoms with Crippen molar-refractivity contribution in [3.63, 3.8) is 0 Å². The number of ketones is 3. The SMILES string of the molecule is NC(CC(=O)O)C(=O)C(=O)C(=O)c1cccnc1. The molecule has 0 aliphatic carbocycles. The smallest absolute Gasteiger partial charge is 0.305 e. The van der Waals surface area contributed by atoms with Crippen LogP contribution < -0.4 is 5.73 Å². The van der Waals surface area contributed by atoms with E-state index in [1.165, 1.54) is 18.3 Å². The minimum Gasteiger partial charge on any atom is -0.481 e. The second-order valence-corrected chi connectivity index (χ2v) is 3.47. The van der Waals surface area contributed by atoms with Crippen molar-refractivity contribution in [2.45, 2.75) is 12.5 Å². The van der Waals surface area contributed by atoms with Crippen molar-refractivity contribution in [3.05, 3.63) is 30.1 Å². The molecule has 0 bridgehead atoms. The van der Waals surface area contributed by atoms with E-state index in [1.807, 2.05) is 0 Å². The molecule has 0 saturated carbocycles. The van der Waals surface area contributed by atoms with Gasteiger partial charge in [0.15, 0.2) is 0 Å². The highest BCUT2D eigenvalue weighted by Crippen LogP contribution is 2.01. The Labute approximate surface area is 102 Å². The zero-order valence-electron chi connectivity index (χ0n) is 9.20. The van der Waals surface area contributed by atoms with Gasteiger partial charge in [0.2, 0.25) is 11.6 Å². The Morgan fingerprint density at radius 3 is 2.50 bits per heavy atom. The molecule has 18 heavy (non-hydrogen) atoms. The highest BCUT2D eigenvalue weighted by atomic mass is 16.4. The molecule has 0 aliphatic rings. The summed E-state index contributed by atoms with van der Waals surface area (Å²) in [6.07, 6.45) is 1.83. The molecule has 94 valence electrons. The van der Waals surface area contributed by atoms with Crippen molar-refractivity contribution in [3.8, 4) is 0 Å². The van der Waals surface area contributed by atoms with E-state index in [2.05, 4.69) is 4.98 Å². The average Bonchev–Trinajstić information content (AvgIpc) is 2.36. The summed E-state index contributed by atoms with van der Waals surface area (Å²) in [4.78, 5) is 48.4. The average molecular weight is 250 g/mol. The van der Waals surface area contributed by atoms with Gasteiger partial charge in [0, 0.05) is 18.0 Å². The van der Waals surface area contributed by atoms with Crippen molar-refractivity contribution < 1.29 is 24.3 Å². The van der Waals surface area contributed by atoms with Crippen LogP contribution in [0.15, 0.2) is 24.5 Å². The summed E-state index contributed by atoms with van der Waals surface area (Å²) in [5.74, 6) is -4.92. The second kappa shape index (κ2) is 5.78. The molecule has 1 unspecified atom stereocenters. The summed E-state index contributed by atoms with van der Waals surface area (Å²) in [6, 6.07) is 1.24. The van der Waals surface area contributed by atoms with Gasteiger partial charge in [0.25, 0.3) is 5.78 Å². The number of carbonyl (C=O) groups excluding carboxylic acids is 3. The number of carbonyl (C=O) groups is 4. The maximum absolute atomic E-state index is 11.6. The zero-order chi connectivity index (χ0) is 13.7. The molecule has 3 N–H and O–H groups in total. The van der Waals surface area contributed by atoms with Crippen LogP contribution >= 0.6 is 0 Å². The highest BCUT2D eigenvalue weighted by molar-refractivity contribution is 6.67. The standard InChI is InChI=1S/C11H10N2O5/c12-7(4-8(14)15)10(17)11(18)9(16)6-2-1-3-13-5-6/h1-3,5,7H,4,12H2,(H,14,15). The Bertz CT molecular complexity index is 497. The highest BCUT2D eigenvalue weighted by Gasteiger charge is 2.29. The Morgan fingerprint density at radius 2 is 2.00 bits per heavy atom. The number of aliphatic carboxylic acids is 1. The number of hydrogen-bond donors (Lipinski definition) is 2. The van der Waals surface area contributed by atoms with E-state index in [-0.39, 0.29) is 5.56 Å². The predicted octanol–water partition coefficient (Wildman–Crippen LogP) is -0.796. The maximum Gasteiger partial charge on any atom is 0.305 e. The molecule has 1 aromatic rings. The molecule has 7 heteroatoms. The fourth-order valence-corrected chi connectivity index (χ4v) is 1.19. The van der Waals surface area contributed by atoms with Gasteiger partial charge in [-0.25, -0.2) is 0 Å². The Morgan fingerprint density at radius 1 is 1.33 bits per heavy atom. The fraction of sp³-hybridized carbons (Fsp3) is 0.182. The Balaban J connectivity index is 2.79. The van der Waals surface area contributed by atoms with Crippen molar-refractivity contribution in [1.29, 1.82) is 0 Å². The summed E-state index contributed by atoms with van der Waals surface area (Å²) in [7, 11) is 0. The second-order valence-electron chi connectivity index (χ2n) is 3.47. The van der Waals surface area contributed by atoms with E-state index >= 15 is 0 Å². The topological polar surface area (TPSA) is 127 Å². The van der Waals surface area contributed by atoms with Crippen LogP contribution in [0.5, 0.6) is 0 Å². The molecule has 1 aromatic heterocycles. The monoisotopic (exact) mass is 250 g/mol. The van der Waals surface area contributed by atoms with Gasteiger partial charge >= 0.3 is 5.97 Å². The zero-order valence-corrected chi connectivity index (χ0v) is 9.20. The summed E-state index contributed by atoms with van der Waals surface area (Å²) in [5.41, 5.74) is 5.17. The first kappa shape index (κ1) is 13.7. The molecule has 0 aliphatic heterocycles. The van der Waals surface area contributed by atoms with Crippen molar-refractivity contribution in [2.75, 3.05) is 0 Å². The van der Waals surface area contributed by atoms with Gasteiger partial charge in [0.05, 0.1) is 12.5 Å². The number of aromatic nitrogens is 1. The van der Waals surface area contributed by atoms with E-state index in [9.17, 15) is 19.2 Å². The van der Waals surface area contributed by atoms with Gasteiger partial charge in [-0.2, -0.15) is 0 Å². The maximum atomic E-state index is 11.6. The molecular formula is C11H10N2O5. The minimum atomic E-state index is -1.52. The van der Waals surface area contributed by atoms with Crippen LogP contribution in [0.2, 0.25) is 0 Å². The molecule has 0 spiro atoms. The number of nitrogens with two attached hydrogens (primary N) is 1. The van der Waals surface area contributed by atoms with Crippen LogP contribution in [0.1, 0.15) is 16.8 Å². The summed E-state index contributed by atoms with van der Waals surface area (Å²) < 4.78 is 0. The fourth-order valence-electron chi connectivity index (χ4n) is 1.19. The number of hydrogen-bond acceptors (Lipinski definition) is 6. The Hall–Kier alpha value is -2.41. The number of Topliss-reactive ketones (excluding diaryl/α,β-unsaturated/α-hetero) is 3. The lowest BCUT2D eigenvalue weighted by Crippen LogP contribution is -2.40. The third-order valence-electron chi connectivity index (χ3n) is 2.09. The van der Waals surface area contributed by atoms with E-state index in [1.54, 1.807) is 0 Å². The van der Waals surface area contributed by atoms with Crippen LogP contribution in [0, 0.1) is 0 Å². The van der Waals surface area contributed by atoms with Gasteiger partial charge in [0.1, 0.15) is 0 Å². The van der Waals surface area contributed by atoms with Crippen LogP contribution in [0.25, 0.3) is 0 Å². The summed E-state index contributed by atoms with van der Waals surface area (Å²) >= 11 is 0. The first-order valence-electron chi connectivity index (χ1n) is 4.93. The van der Waals surface area contributed by atoms with Crippen molar-refractivity contribution in [1.82, 2.24) is 4.98 Å². The van der Waals surface area contributed by atoms with Crippen molar-refractivity contribution in [2.24, 2.45) is 5.73 Å². The third kappa shape index (κ3) is 3.29. The minimum absolute atomic E-state index is 0.0432. The molecule has 1 atom stereocenters. The van der Waals surface area contributed by atoms with Crippen LogP contribution in [0.3, 0.4) is 0 Å². The lowest BCUT2D eigenvalue weighted by Gasteiger charge is -2.05. The van der Waals surface area contributed by atoms with Gasteiger partial charge in [-0.1, -0.05) is 0 Å². The molecule has 0 radical (unpaired) electrons. The first-order valence-corrected chi connectivity index (χ1v) is 4.93. The quantitative estimate of drug-likeness (QED) is 0.384. The lowest BCUT2D eigenvalue weighted by molar-refractivity contribution is -0.140. The normalized spacial score (nSPS) is 11.6. The van der Waals surface area contributed by atoms with Crippen LogP contribution in [-0.2, 0) is 14.4 Å². The van der Waals surface area contributed by atoms with Gasteiger partial charge in [-0.15, -0.1) is 0 Å². The molecule has 0 aromatic carbocycles. The summed E-state index contributed by atoms with van der Waals surface area (Å²) in [5, 5.41) is 8.43. The third-order valence-corrected chi connectivity index (χ3v) is 2.09. The number of carboxylic acid groups (broad SMARTS) is 1. The molecule has 1 rings (SSSR count). The number of pyridine rings is 1. The lowest BCUT2D eigenvalue weighted by atomic mass is 10.0. The van der Waals surface area contributed by atoms with Gasteiger partial charge < -0.3 is 10.8 Å². The molecule has 7 nitrogen and oxygen atoms in total. The van der Waals surface area contributed by atoms with Crippen molar-refractivity contribution >= 4 is 23.3 Å². The number of carboxylic acids is 1. The largest absolute Gasteiger partial charge is 0.481 e. The van der Waals surface area contributed by atoms with E-state index in [0.717, 1.165) is 6.20 Å².